The van der Waals surface area contributed by atoms with Crippen LogP contribution in [-0.4, -0.2) is 25.9 Å². The molecule has 2 aromatic rings. The first-order valence-electron chi connectivity index (χ1n) is 8.50. The van der Waals surface area contributed by atoms with Gasteiger partial charge in [-0.05, 0) is 69.7 Å². The van der Waals surface area contributed by atoms with Crippen LogP contribution in [-0.2, 0) is 4.79 Å². The van der Waals surface area contributed by atoms with Gasteiger partial charge in [0.05, 0.1) is 16.2 Å². The zero-order valence-corrected chi connectivity index (χ0v) is 17.1. The average Bonchev–Trinajstić information content (AvgIpc) is 3.03. The van der Waals surface area contributed by atoms with Gasteiger partial charge in [-0.3, -0.25) is 9.69 Å². The summed E-state index contributed by atoms with van der Waals surface area (Å²) in [5, 5.41) is 9.02. The number of carboxylic acid groups (broad SMARTS) is 1. The van der Waals surface area contributed by atoms with Gasteiger partial charge in [0.2, 0.25) is 0 Å². The lowest BCUT2D eigenvalue weighted by molar-refractivity contribution is -0.113. The van der Waals surface area contributed by atoms with Gasteiger partial charge in [-0.25, -0.2) is 4.79 Å². The molecule has 0 spiro atoms. The minimum atomic E-state index is -1.01. The van der Waals surface area contributed by atoms with Crippen molar-refractivity contribution in [3.05, 3.63) is 57.8 Å². The summed E-state index contributed by atoms with van der Waals surface area (Å²) in [7, 11) is 0. The van der Waals surface area contributed by atoms with Crippen LogP contribution in [0.25, 0.3) is 6.08 Å². The maximum atomic E-state index is 12.9. The van der Waals surface area contributed by atoms with Crippen molar-refractivity contribution in [2.45, 2.75) is 33.7 Å². The number of aryl methyl sites for hydroxylation is 1. The van der Waals surface area contributed by atoms with E-state index in [0.717, 1.165) is 17.0 Å². The summed E-state index contributed by atoms with van der Waals surface area (Å²) < 4.78 is 2.67. The van der Waals surface area contributed by atoms with Gasteiger partial charge in [0.1, 0.15) is 0 Å². The molecule has 0 radical (unpaired) electrons. The third-order valence-corrected chi connectivity index (χ3v) is 5.79. The Hall–Kier alpha value is -2.38. The molecule has 0 bridgehead atoms. The van der Waals surface area contributed by atoms with Gasteiger partial charge in [-0.15, -0.1) is 0 Å². The Morgan fingerprint density at radius 1 is 1.22 bits per heavy atom. The molecule has 1 aliphatic heterocycles. The lowest BCUT2D eigenvalue weighted by Gasteiger charge is -2.14. The summed E-state index contributed by atoms with van der Waals surface area (Å²) in [6, 6.07) is 8.55. The first-order valence-corrected chi connectivity index (χ1v) is 9.73. The van der Waals surface area contributed by atoms with Crippen molar-refractivity contribution in [1.29, 1.82) is 0 Å². The predicted molar refractivity (Wildman–Crippen MR) is 113 cm³/mol. The molecule has 1 aromatic heterocycles. The highest BCUT2D eigenvalue weighted by molar-refractivity contribution is 8.27. The maximum absolute atomic E-state index is 12.9. The Kier molecular flexibility index (Phi) is 5.26. The second-order valence-electron chi connectivity index (χ2n) is 6.66. The zero-order valence-electron chi connectivity index (χ0n) is 15.5. The van der Waals surface area contributed by atoms with E-state index < -0.39 is 5.97 Å². The highest BCUT2D eigenvalue weighted by Crippen LogP contribution is 2.37. The number of aromatic nitrogens is 1. The van der Waals surface area contributed by atoms with Crippen molar-refractivity contribution in [3.63, 3.8) is 0 Å². The van der Waals surface area contributed by atoms with Crippen LogP contribution in [0, 0.1) is 13.8 Å². The number of carboxylic acids is 1. The van der Waals surface area contributed by atoms with Crippen LogP contribution >= 0.6 is 24.0 Å². The molecule has 2 heterocycles. The summed E-state index contributed by atoms with van der Waals surface area (Å²) in [5.74, 6) is -1.20. The first-order chi connectivity index (χ1) is 12.7. The SMILES string of the molecule is Cc1cc(/C=C2\SC(=S)N(c3ccc(C(=O)O)cc3)C2=O)c(C)n1C(C)C. The molecule has 3 rings (SSSR count). The second-order valence-corrected chi connectivity index (χ2v) is 8.34. The van der Waals surface area contributed by atoms with Crippen LogP contribution in [0.15, 0.2) is 35.2 Å². The number of anilines is 1. The highest BCUT2D eigenvalue weighted by Gasteiger charge is 2.33. The van der Waals surface area contributed by atoms with E-state index in [-0.39, 0.29) is 11.5 Å². The molecule has 0 unspecified atom stereocenters. The van der Waals surface area contributed by atoms with Crippen molar-refractivity contribution >= 4 is 51.9 Å². The lowest BCUT2D eigenvalue weighted by Crippen LogP contribution is -2.27. The molecular formula is C20H20N2O3S2. The molecule has 1 aromatic carbocycles. The molecule has 5 nitrogen and oxygen atoms in total. The third kappa shape index (κ3) is 3.57. The van der Waals surface area contributed by atoms with E-state index in [2.05, 4.69) is 31.4 Å². The largest absolute Gasteiger partial charge is 0.478 e. The summed E-state index contributed by atoms with van der Waals surface area (Å²) in [6.07, 6.45) is 1.88. The number of hydrogen-bond acceptors (Lipinski definition) is 4. The summed E-state index contributed by atoms with van der Waals surface area (Å²) in [5.41, 5.74) is 3.99. The Morgan fingerprint density at radius 3 is 2.37 bits per heavy atom. The van der Waals surface area contributed by atoms with E-state index in [9.17, 15) is 9.59 Å². The number of amides is 1. The van der Waals surface area contributed by atoms with Gasteiger partial charge >= 0.3 is 5.97 Å². The van der Waals surface area contributed by atoms with Crippen molar-refractivity contribution in [2.75, 3.05) is 4.90 Å². The number of benzene rings is 1. The molecule has 0 saturated carbocycles. The number of nitrogens with zero attached hydrogens (tertiary/aromatic N) is 2. The molecule has 1 fully saturated rings. The monoisotopic (exact) mass is 400 g/mol. The van der Waals surface area contributed by atoms with Gasteiger partial charge < -0.3 is 9.67 Å². The summed E-state index contributed by atoms with van der Waals surface area (Å²) in [4.78, 5) is 25.9. The van der Waals surface area contributed by atoms with Crippen molar-refractivity contribution in [1.82, 2.24) is 4.57 Å². The molecular weight excluding hydrogens is 380 g/mol. The van der Waals surface area contributed by atoms with Crippen LogP contribution in [0.4, 0.5) is 5.69 Å². The van der Waals surface area contributed by atoms with E-state index in [1.807, 2.05) is 13.0 Å². The fraction of sp³-hybridized carbons (Fsp3) is 0.250. The van der Waals surface area contributed by atoms with Crippen LogP contribution in [0.2, 0.25) is 0 Å². The fourth-order valence-electron chi connectivity index (χ4n) is 3.33. The lowest BCUT2D eigenvalue weighted by atomic mass is 10.2. The quantitative estimate of drug-likeness (QED) is 0.591. The first kappa shape index (κ1) is 19.4. The smallest absolute Gasteiger partial charge is 0.335 e. The van der Waals surface area contributed by atoms with Crippen molar-refractivity contribution in [2.24, 2.45) is 0 Å². The molecule has 1 aliphatic rings. The van der Waals surface area contributed by atoms with Crippen molar-refractivity contribution in [3.8, 4) is 0 Å². The normalized spacial score (nSPS) is 16.0. The van der Waals surface area contributed by atoms with Gasteiger partial charge in [0.15, 0.2) is 4.32 Å². The molecule has 27 heavy (non-hydrogen) atoms. The minimum Gasteiger partial charge on any atom is -0.478 e. The summed E-state index contributed by atoms with van der Waals surface area (Å²) >= 11 is 6.65. The Bertz CT molecular complexity index is 972. The minimum absolute atomic E-state index is 0.167. The Balaban J connectivity index is 1.93. The molecule has 0 aliphatic carbocycles. The molecule has 1 N–H and O–H groups in total. The molecule has 1 amide bonds. The number of carbonyl (C=O) groups excluding carboxylic acids is 1. The van der Waals surface area contributed by atoms with Gasteiger partial charge in [-0.1, -0.05) is 24.0 Å². The standard InChI is InChI=1S/C20H20N2O3S2/c1-11(2)21-12(3)9-15(13(21)4)10-17-18(23)22(20(26)27-17)16-7-5-14(6-8-16)19(24)25/h5-11H,1-4H3,(H,24,25)/b17-10-. The van der Waals surface area contributed by atoms with Crippen LogP contribution in [0.1, 0.15) is 47.2 Å². The fourth-order valence-corrected chi connectivity index (χ4v) is 4.62. The zero-order chi connectivity index (χ0) is 19.9. The number of hydrogen-bond donors (Lipinski definition) is 1. The molecule has 1 saturated heterocycles. The van der Waals surface area contributed by atoms with E-state index in [4.69, 9.17) is 17.3 Å². The Morgan fingerprint density at radius 2 is 1.85 bits per heavy atom. The van der Waals surface area contributed by atoms with E-state index >= 15 is 0 Å². The molecule has 7 heteroatoms. The third-order valence-electron chi connectivity index (χ3n) is 4.49. The predicted octanol–water partition coefficient (Wildman–Crippen LogP) is 4.79. The van der Waals surface area contributed by atoms with Gasteiger partial charge in [0.25, 0.3) is 5.91 Å². The number of rotatable bonds is 4. The van der Waals surface area contributed by atoms with E-state index in [1.165, 1.54) is 28.8 Å². The molecule has 140 valence electrons. The van der Waals surface area contributed by atoms with Gasteiger partial charge in [0, 0.05) is 17.4 Å². The number of aromatic carboxylic acids is 1. The van der Waals surface area contributed by atoms with E-state index in [1.54, 1.807) is 12.1 Å². The van der Waals surface area contributed by atoms with Crippen LogP contribution in [0.5, 0.6) is 0 Å². The van der Waals surface area contributed by atoms with E-state index in [0.29, 0.717) is 21.0 Å². The summed E-state index contributed by atoms with van der Waals surface area (Å²) in [6.45, 7) is 8.36. The topological polar surface area (TPSA) is 62.5 Å². The van der Waals surface area contributed by atoms with Crippen LogP contribution < -0.4 is 4.90 Å². The molecule has 0 atom stereocenters. The van der Waals surface area contributed by atoms with Crippen molar-refractivity contribution < 1.29 is 14.7 Å². The Labute approximate surface area is 167 Å². The average molecular weight is 401 g/mol. The highest BCUT2D eigenvalue weighted by atomic mass is 32.2. The number of carbonyl (C=O) groups is 2. The van der Waals surface area contributed by atoms with Crippen LogP contribution in [0.3, 0.4) is 0 Å². The maximum Gasteiger partial charge on any atom is 0.335 e. The van der Waals surface area contributed by atoms with Gasteiger partial charge in [-0.2, -0.15) is 0 Å². The number of thiocarbonyl (C=S) groups is 1. The second kappa shape index (κ2) is 7.32. The number of thioether (sulfide) groups is 1.